The Labute approximate surface area is 162 Å². The summed E-state index contributed by atoms with van der Waals surface area (Å²) in [4.78, 5) is 45.1. The number of ketones is 1. The number of likely N-dealkylation sites (tertiary alicyclic amines) is 2. The van der Waals surface area contributed by atoms with Crippen molar-refractivity contribution in [3.63, 3.8) is 0 Å². The molecule has 0 N–H and O–H groups in total. The second-order valence-corrected chi connectivity index (χ2v) is 8.26. The second kappa shape index (κ2) is 9.15. The summed E-state index contributed by atoms with van der Waals surface area (Å²) in [6, 6.07) is 0.425. The van der Waals surface area contributed by atoms with Crippen LogP contribution in [0.2, 0.25) is 0 Å². The van der Waals surface area contributed by atoms with E-state index in [0.29, 0.717) is 25.0 Å². The third kappa shape index (κ3) is 4.88. The Morgan fingerprint density at radius 2 is 1.52 bits per heavy atom. The van der Waals surface area contributed by atoms with Crippen LogP contribution < -0.4 is 0 Å². The molecule has 0 bridgehead atoms. The summed E-state index contributed by atoms with van der Waals surface area (Å²) in [6.07, 6.45) is 4.14. The lowest BCUT2D eigenvalue weighted by atomic mass is 9.92. The van der Waals surface area contributed by atoms with Crippen molar-refractivity contribution in [2.75, 3.05) is 59.4 Å². The average molecular weight is 379 g/mol. The van der Waals surface area contributed by atoms with Gasteiger partial charge in [-0.15, -0.1) is 0 Å². The van der Waals surface area contributed by atoms with Gasteiger partial charge in [0.15, 0.2) is 0 Å². The van der Waals surface area contributed by atoms with Crippen LogP contribution in [0, 0.1) is 5.92 Å². The van der Waals surface area contributed by atoms with Crippen molar-refractivity contribution in [3.05, 3.63) is 0 Å². The predicted molar refractivity (Wildman–Crippen MR) is 103 cm³/mol. The Kier molecular flexibility index (Phi) is 6.87. The highest BCUT2D eigenvalue weighted by Crippen LogP contribution is 2.25. The van der Waals surface area contributed by atoms with E-state index in [1.54, 1.807) is 11.8 Å². The smallest absolute Gasteiger partial charge is 0.289 e. The molecule has 0 aliphatic carbocycles. The van der Waals surface area contributed by atoms with Crippen molar-refractivity contribution in [1.82, 2.24) is 19.6 Å². The number of hydrogen-bond acceptors (Lipinski definition) is 5. The first kappa shape index (κ1) is 20.3. The molecule has 3 rings (SSSR count). The summed E-state index contributed by atoms with van der Waals surface area (Å²) in [5.41, 5.74) is 0. The fourth-order valence-corrected chi connectivity index (χ4v) is 4.59. The molecule has 27 heavy (non-hydrogen) atoms. The van der Waals surface area contributed by atoms with Crippen LogP contribution >= 0.6 is 0 Å². The highest BCUT2D eigenvalue weighted by atomic mass is 16.2. The standard InChI is InChI=1S/C20H34N4O3/c1-3-18(25)20(27)22-9-6-17(7-10-22)24-8-4-5-16(15-24)19(26)23-13-11-21(2)12-14-23/h16-17H,3-15H2,1-2H3/t16-/m0/s1. The van der Waals surface area contributed by atoms with E-state index in [1.165, 1.54) is 0 Å². The van der Waals surface area contributed by atoms with E-state index in [2.05, 4.69) is 16.8 Å². The monoisotopic (exact) mass is 378 g/mol. The molecule has 0 aromatic carbocycles. The van der Waals surface area contributed by atoms with Gasteiger partial charge in [0.25, 0.3) is 5.91 Å². The zero-order chi connectivity index (χ0) is 19.4. The SMILES string of the molecule is CCC(=O)C(=O)N1CCC(N2CCC[C@H](C(=O)N3CCN(C)CC3)C2)CC1. The van der Waals surface area contributed by atoms with Crippen molar-refractivity contribution in [1.29, 1.82) is 0 Å². The van der Waals surface area contributed by atoms with Crippen LogP contribution in [-0.2, 0) is 14.4 Å². The molecule has 0 aromatic heterocycles. The van der Waals surface area contributed by atoms with E-state index >= 15 is 0 Å². The van der Waals surface area contributed by atoms with Gasteiger partial charge in [0, 0.05) is 58.3 Å². The third-order valence-electron chi connectivity index (χ3n) is 6.44. The van der Waals surface area contributed by atoms with E-state index in [4.69, 9.17) is 0 Å². The Bertz CT molecular complexity index is 551. The van der Waals surface area contributed by atoms with Gasteiger partial charge in [-0.05, 0) is 39.3 Å². The van der Waals surface area contributed by atoms with Gasteiger partial charge in [0.1, 0.15) is 0 Å². The average Bonchev–Trinajstić information content (AvgIpc) is 2.73. The number of Topliss-reactive ketones (excluding diaryl/α,β-unsaturated/α-hetero) is 1. The second-order valence-electron chi connectivity index (χ2n) is 8.26. The number of nitrogens with zero attached hydrogens (tertiary/aromatic N) is 4. The number of piperidine rings is 2. The van der Waals surface area contributed by atoms with Gasteiger partial charge < -0.3 is 14.7 Å². The Morgan fingerprint density at radius 1 is 0.852 bits per heavy atom. The van der Waals surface area contributed by atoms with E-state index in [-0.39, 0.29) is 24.0 Å². The number of carbonyl (C=O) groups excluding carboxylic acids is 3. The third-order valence-corrected chi connectivity index (χ3v) is 6.44. The molecule has 0 saturated carbocycles. The Morgan fingerprint density at radius 3 is 2.15 bits per heavy atom. The van der Waals surface area contributed by atoms with E-state index in [1.807, 2.05) is 4.90 Å². The lowest BCUT2D eigenvalue weighted by Gasteiger charge is -2.43. The molecule has 2 amide bonds. The van der Waals surface area contributed by atoms with Gasteiger partial charge in [0.05, 0.1) is 5.92 Å². The number of hydrogen-bond donors (Lipinski definition) is 0. The normalized spacial score (nSPS) is 26.2. The molecule has 7 heteroatoms. The van der Waals surface area contributed by atoms with Crippen LogP contribution in [0.1, 0.15) is 39.0 Å². The van der Waals surface area contributed by atoms with Crippen molar-refractivity contribution >= 4 is 17.6 Å². The van der Waals surface area contributed by atoms with Crippen molar-refractivity contribution in [2.45, 2.75) is 45.1 Å². The van der Waals surface area contributed by atoms with Gasteiger partial charge in [0.2, 0.25) is 11.7 Å². The summed E-state index contributed by atoms with van der Waals surface area (Å²) in [7, 11) is 2.11. The first-order valence-electron chi connectivity index (χ1n) is 10.5. The highest BCUT2D eigenvalue weighted by Gasteiger charge is 2.35. The first-order valence-corrected chi connectivity index (χ1v) is 10.5. The maximum absolute atomic E-state index is 12.9. The molecular formula is C20H34N4O3. The van der Waals surface area contributed by atoms with Crippen LogP contribution in [0.15, 0.2) is 0 Å². The fraction of sp³-hybridized carbons (Fsp3) is 0.850. The molecule has 3 fully saturated rings. The molecule has 0 spiro atoms. The molecule has 3 aliphatic rings. The minimum Gasteiger partial charge on any atom is -0.340 e. The van der Waals surface area contributed by atoms with Crippen LogP contribution in [-0.4, -0.2) is 103 Å². The zero-order valence-electron chi connectivity index (χ0n) is 16.9. The largest absolute Gasteiger partial charge is 0.340 e. The molecule has 0 radical (unpaired) electrons. The van der Waals surface area contributed by atoms with Crippen LogP contribution in [0.4, 0.5) is 0 Å². The predicted octanol–water partition coefficient (Wildman–Crippen LogP) is 0.443. The summed E-state index contributed by atoms with van der Waals surface area (Å²) in [5.74, 6) is -0.167. The summed E-state index contributed by atoms with van der Waals surface area (Å²) >= 11 is 0. The first-order chi connectivity index (χ1) is 13.0. The highest BCUT2D eigenvalue weighted by molar-refractivity contribution is 6.35. The van der Waals surface area contributed by atoms with Gasteiger partial charge in [-0.2, -0.15) is 0 Å². The number of likely N-dealkylation sites (N-methyl/N-ethyl adjacent to an activating group) is 1. The lowest BCUT2D eigenvalue weighted by Crippen LogP contribution is -2.54. The summed E-state index contributed by atoms with van der Waals surface area (Å²) in [5, 5.41) is 0. The zero-order valence-corrected chi connectivity index (χ0v) is 16.9. The summed E-state index contributed by atoms with van der Waals surface area (Å²) in [6.45, 7) is 8.55. The van der Waals surface area contributed by atoms with Crippen LogP contribution in [0.25, 0.3) is 0 Å². The number of carbonyl (C=O) groups is 3. The number of piperazine rings is 1. The minimum atomic E-state index is -0.322. The fourth-order valence-electron chi connectivity index (χ4n) is 4.59. The minimum absolute atomic E-state index is 0.114. The lowest BCUT2D eigenvalue weighted by molar-refractivity contribution is -0.145. The van der Waals surface area contributed by atoms with Gasteiger partial charge in [-0.1, -0.05) is 6.92 Å². The van der Waals surface area contributed by atoms with Crippen molar-refractivity contribution in [3.8, 4) is 0 Å². The van der Waals surface area contributed by atoms with E-state index < -0.39 is 0 Å². The molecular weight excluding hydrogens is 344 g/mol. The molecule has 3 saturated heterocycles. The quantitative estimate of drug-likeness (QED) is 0.665. The van der Waals surface area contributed by atoms with Gasteiger partial charge >= 0.3 is 0 Å². The van der Waals surface area contributed by atoms with E-state index in [9.17, 15) is 14.4 Å². The maximum Gasteiger partial charge on any atom is 0.289 e. The molecule has 0 aromatic rings. The molecule has 3 aliphatic heterocycles. The molecule has 3 heterocycles. The van der Waals surface area contributed by atoms with Gasteiger partial charge in [-0.25, -0.2) is 0 Å². The topological polar surface area (TPSA) is 64.2 Å². The molecule has 7 nitrogen and oxygen atoms in total. The van der Waals surface area contributed by atoms with E-state index in [0.717, 1.165) is 65.0 Å². The van der Waals surface area contributed by atoms with Crippen LogP contribution in [0.5, 0.6) is 0 Å². The number of rotatable bonds is 4. The molecule has 152 valence electrons. The Balaban J connectivity index is 1.49. The van der Waals surface area contributed by atoms with Crippen molar-refractivity contribution in [2.24, 2.45) is 5.92 Å². The van der Waals surface area contributed by atoms with Crippen LogP contribution in [0.3, 0.4) is 0 Å². The van der Waals surface area contributed by atoms with Crippen molar-refractivity contribution < 1.29 is 14.4 Å². The number of amides is 2. The summed E-state index contributed by atoms with van der Waals surface area (Å²) < 4.78 is 0. The Hall–Kier alpha value is -1.47. The molecule has 0 unspecified atom stereocenters. The maximum atomic E-state index is 12.9. The molecule has 1 atom stereocenters. The van der Waals surface area contributed by atoms with Gasteiger partial charge in [-0.3, -0.25) is 19.3 Å².